The second-order valence-corrected chi connectivity index (χ2v) is 5.79. The van der Waals surface area contributed by atoms with Gasteiger partial charge < -0.3 is 19.9 Å². The highest BCUT2D eigenvalue weighted by Gasteiger charge is 2.11. The molecule has 0 saturated heterocycles. The summed E-state index contributed by atoms with van der Waals surface area (Å²) in [5, 5.41) is 13.4. The fourth-order valence-electron chi connectivity index (χ4n) is 2.66. The molecule has 1 unspecified atom stereocenters. The number of aryl methyl sites for hydroxylation is 1. The Morgan fingerprint density at radius 3 is 2.57 bits per heavy atom. The lowest BCUT2D eigenvalue weighted by Crippen LogP contribution is -2.27. The monoisotopic (exact) mass is 313 g/mol. The molecule has 0 amide bonds. The normalized spacial score (nSPS) is 14.5. The van der Waals surface area contributed by atoms with Crippen LogP contribution in [0.3, 0.4) is 0 Å². The first kappa shape index (κ1) is 15.8. The summed E-state index contributed by atoms with van der Waals surface area (Å²) in [6.07, 6.45) is 1.32. The van der Waals surface area contributed by atoms with Crippen LogP contribution in [0.15, 0.2) is 48.5 Å². The Balaban J connectivity index is 1.40. The summed E-state index contributed by atoms with van der Waals surface area (Å²) in [5.74, 6) is 1.61. The quantitative estimate of drug-likeness (QED) is 0.825. The van der Waals surface area contributed by atoms with Gasteiger partial charge in [-0.1, -0.05) is 36.4 Å². The molecule has 0 fully saturated rings. The zero-order chi connectivity index (χ0) is 15.9. The summed E-state index contributed by atoms with van der Waals surface area (Å²) in [4.78, 5) is 0. The van der Waals surface area contributed by atoms with E-state index in [0.717, 1.165) is 29.9 Å². The molecule has 0 aromatic heterocycles. The average molecular weight is 313 g/mol. The lowest BCUT2D eigenvalue weighted by Gasteiger charge is -2.19. The van der Waals surface area contributed by atoms with E-state index >= 15 is 0 Å². The van der Waals surface area contributed by atoms with Gasteiger partial charge in [0.25, 0.3) is 0 Å². The van der Waals surface area contributed by atoms with Crippen molar-refractivity contribution in [1.82, 2.24) is 5.32 Å². The molecule has 0 saturated carbocycles. The summed E-state index contributed by atoms with van der Waals surface area (Å²) < 4.78 is 11.1. The molecule has 0 bridgehead atoms. The van der Waals surface area contributed by atoms with Crippen molar-refractivity contribution in [3.63, 3.8) is 0 Å². The van der Waals surface area contributed by atoms with E-state index in [0.29, 0.717) is 26.3 Å². The van der Waals surface area contributed by atoms with Gasteiger partial charge >= 0.3 is 0 Å². The van der Waals surface area contributed by atoms with E-state index < -0.39 is 0 Å². The third kappa shape index (κ3) is 4.71. The molecule has 4 nitrogen and oxygen atoms in total. The molecule has 122 valence electrons. The van der Waals surface area contributed by atoms with Crippen molar-refractivity contribution < 1.29 is 14.6 Å². The van der Waals surface area contributed by atoms with Crippen LogP contribution in [-0.4, -0.2) is 31.0 Å². The van der Waals surface area contributed by atoms with Crippen LogP contribution in [0.5, 0.6) is 11.5 Å². The van der Waals surface area contributed by atoms with Crippen molar-refractivity contribution in [3.8, 4) is 11.5 Å². The maximum absolute atomic E-state index is 10.1. The lowest BCUT2D eigenvalue weighted by atomic mass is 10.1. The van der Waals surface area contributed by atoms with Crippen LogP contribution >= 0.6 is 0 Å². The summed E-state index contributed by atoms with van der Waals surface area (Å²) in [6.45, 7) is 2.50. The van der Waals surface area contributed by atoms with E-state index in [-0.39, 0.29) is 6.10 Å². The molecular formula is C19H23NO3. The minimum Gasteiger partial charge on any atom is -0.486 e. The van der Waals surface area contributed by atoms with Crippen molar-refractivity contribution >= 4 is 0 Å². The Labute approximate surface area is 137 Å². The number of aliphatic hydroxyl groups excluding tert-OH is 1. The Morgan fingerprint density at radius 2 is 1.74 bits per heavy atom. The SMILES string of the molecule is OC(CCc1ccccc1)CNCc1ccc2c(c1)OCCO2. The summed E-state index contributed by atoms with van der Waals surface area (Å²) >= 11 is 0. The Hall–Kier alpha value is -2.04. The van der Waals surface area contributed by atoms with E-state index in [1.54, 1.807) is 0 Å². The topological polar surface area (TPSA) is 50.7 Å². The van der Waals surface area contributed by atoms with Gasteiger partial charge in [-0.15, -0.1) is 0 Å². The Kier molecular flexibility index (Phi) is 5.51. The minimum atomic E-state index is -0.340. The number of benzene rings is 2. The highest BCUT2D eigenvalue weighted by atomic mass is 16.6. The number of aliphatic hydroxyl groups is 1. The predicted molar refractivity (Wildman–Crippen MR) is 89.9 cm³/mol. The number of hydrogen-bond donors (Lipinski definition) is 2. The first-order valence-electron chi connectivity index (χ1n) is 8.12. The zero-order valence-electron chi connectivity index (χ0n) is 13.2. The Morgan fingerprint density at radius 1 is 0.957 bits per heavy atom. The summed E-state index contributed by atoms with van der Waals surface area (Å²) in [7, 11) is 0. The molecular weight excluding hydrogens is 290 g/mol. The fraction of sp³-hybridized carbons (Fsp3) is 0.368. The van der Waals surface area contributed by atoms with Gasteiger partial charge in [-0.25, -0.2) is 0 Å². The number of nitrogens with one attached hydrogen (secondary N) is 1. The second kappa shape index (κ2) is 7.99. The average Bonchev–Trinajstić information content (AvgIpc) is 2.61. The number of rotatable bonds is 7. The van der Waals surface area contributed by atoms with Crippen LogP contribution in [0.4, 0.5) is 0 Å². The van der Waals surface area contributed by atoms with E-state index in [2.05, 4.69) is 17.4 Å². The third-order valence-electron chi connectivity index (χ3n) is 3.92. The maximum Gasteiger partial charge on any atom is 0.161 e. The fourth-order valence-corrected chi connectivity index (χ4v) is 2.66. The van der Waals surface area contributed by atoms with Crippen LogP contribution in [-0.2, 0) is 13.0 Å². The summed E-state index contributed by atoms with van der Waals surface area (Å²) in [6, 6.07) is 16.2. The van der Waals surface area contributed by atoms with Gasteiger partial charge in [-0.05, 0) is 36.1 Å². The van der Waals surface area contributed by atoms with Crippen LogP contribution in [0.1, 0.15) is 17.5 Å². The van der Waals surface area contributed by atoms with Crippen LogP contribution in [0.2, 0.25) is 0 Å². The molecule has 0 spiro atoms. The van der Waals surface area contributed by atoms with E-state index in [1.165, 1.54) is 5.56 Å². The standard InChI is InChI=1S/C19H23NO3/c21-17(8-6-15-4-2-1-3-5-15)14-20-13-16-7-9-18-19(12-16)23-11-10-22-18/h1-5,7,9,12,17,20-21H,6,8,10-11,13-14H2. The molecule has 0 radical (unpaired) electrons. The van der Waals surface area contributed by atoms with Crippen molar-refractivity contribution in [1.29, 1.82) is 0 Å². The molecule has 23 heavy (non-hydrogen) atoms. The second-order valence-electron chi connectivity index (χ2n) is 5.79. The van der Waals surface area contributed by atoms with Crippen molar-refractivity contribution in [3.05, 3.63) is 59.7 Å². The minimum absolute atomic E-state index is 0.340. The van der Waals surface area contributed by atoms with Gasteiger partial charge in [0.1, 0.15) is 13.2 Å². The third-order valence-corrected chi connectivity index (χ3v) is 3.92. The summed E-state index contributed by atoms with van der Waals surface area (Å²) in [5.41, 5.74) is 2.39. The number of fused-ring (bicyclic) bond motifs is 1. The smallest absolute Gasteiger partial charge is 0.161 e. The largest absolute Gasteiger partial charge is 0.486 e. The lowest BCUT2D eigenvalue weighted by molar-refractivity contribution is 0.161. The first-order valence-corrected chi connectivity index (χ1v) is 8.12. The van der Waals surface area contributed by atoms with Crippen LogP contribution in [0, 0.1) is 0 Å². The number of ether oxygens (including phenoxy) is 2. The van der Waals surface area contributed by atoms with Crippen molar-refractivity contribution in [2.75, 3.05) is 19.8 Å². The maximum atomic E-state index is 10.1. The molecule has 0 aliphatic carbocycles. The van der Waals surface area contributed by atoms with Gasteiger partial charge in [0.2, 0.25) is 0 Å². The molecule has 1 aliphatic rings. The predicted octanol–water partition coefficient (Wildman–Crippen LogP) is 2.54. The molecule has 1 aliphatic heterocycles. The molecule has 3 rings (SSSR count). The van der Waals surface area contributed by atoms with E-state index in [9.17, 15) is 5.11 Å². The van der Waals surface area contributed by atoms with Crippen LogP contribution in [0.25, 0.3) is 0 Å². The molecule has 2 N–H and O–H groups in total. The Bertz CT molecular complexity index is 615. The highest BCUT2D eigenvalue weighted by molar-refractivity contribution is 5.43. The molecule has 1 atom stereocenters. The number of hydrogen-bond acceptors (Lipinski definition) is 4. The highest BCUT2D eigenvalue weighted by Crippen LogP contribution is 2.30. The molecule has 2 aromatic rings. The van der Waals surface area contributed by atoms with Gasteiger partial charge in [0.15, 0.2) is 11.5 Å². The van der Waals surface area contributed by atoms with Crippen LogP contribution < -0.4 is 14.8 Å². The van der Waals surface area contributed by atoms with Gasteiger partial charge in [-0.3, -0.25) is 0 Å². The molecule has 2 aromatic carbocycles. The van der Waals surface area contributed by atoms with E-state index in [1.807, 2.05) is 36.4 Å². The van der Waals surface area contributed by atoms with Gasteiger partial charge in [-0.2, -0.15) is 0 Å². The molecule has 1 heterocycles. The molecule has 4 heteroatoms. The zero-order valence-corrected chi connectivity index (χ0v) is 13.2. The first-order chi connectivity index (χ1) is 11.3. The van der Waals surface area contributed by atoms with Gasteiger partial charge in [0, 0.05) is 13.1 Å². The van der Waals surface area contributed by atoms with Gasteiger partial charge in [0.05, 0.1) is 6.10 Å². The van der Waals surface area contributed by atoms with E-state index in [4.69, 9.17) is 9.47 Å². The van der Waals surface area contributed by atoms with Crippen molar-refractivity contribution in [2.45, 2.75) is 25.5 Å². The van der Waals surface area contributed by atoms with Crippen molar-refractivity contribution in [2.24, 2.45) is 0 Å².